The summed E-state index contributed by atoms with van der Waals surface area (Å²) in [7, 11) is 0. The maximum absolute atomic E-state index is 12.3. The fourth-order valence-electron chi connectivity index (χ4n) is 2.48. The molecule has 112 valence electrons. The SMILES string of the molecule is Cc1csc(CCCNC(=O)c2cccc3ccccc23)n1. The van der Waals surface area contributed by atoms with Crippen LogP contribution in [0.3, 0.4) is 0 Å². The van der Waals surface area contributed by atoms with Gasteiger partial charge >= 0.3 is 0 Å². The van der Waals surface area contributed by atoms with E-state index in [1.807, 2.05) is 49.4 Å². The summed E-state index contributed by atoms with van der Waals surface area (Å²) < 4.78 is 0. The van der Waals surface area contributed by atoms with Gasteiger partial charge in [-0.05, 0) is 30.2 Å². The second kappa shape index (κ2) is 6.71. The zero-order valence-corrected chi connectivity index (χ0v) is 13.3. The lowest BCUT2D eigenvalue weighted by atomic mass is 10.0. The Labute approximate surface area is 134 Å². The van der Waals surface area contributed by atoms with Crippen molar-refractivity contribution in [2.24, 2.45) is 0 Å². The average molecular weight is 310 g/mol. The average Bonchev–Trinajstić information content (AvgIpc) is 2.96. The molecule has 0 fully saturated rings. The Morgan fingerprint density at radius 3 is 2.82 bits per heavy atom. The highest BCUT2D eigenvalue weighted by atomic mass is 32.1. The second-order valence-corrected chi connectivity index (χ2v) is 6.21. The quantitative estimate of drug-likeness (QED) is 0.725. The molecule has 0 aliphatic heterocycles. The smallest absolute Gasteiger partial charge is 0.251 e. The number of thiazole rings is 1. The van der Waals surface area contributed by atoms with Crippen molar-refractivity contribution >= 4 is 28.0 Å². The number of aromatic nitrogens is 1. The summed E-state index contributed by atoms with van der Waals surface area (Å²) in [5.74, 6) is -0.00730. The summed E-state index contributed by atoms with van der Waals surface area (Å²) in [5.41, 5.74) is 1.81. The van der Waals surface area contributed by atoms with Gasteiger partial charge in [0.05, 0.1) is 5.01 Å². The van der Waals surface area contributed by atoms with Crippen LogP contribution in [0.15, 0.2) is 47.8 Å². The fourth-order valence-corrected chi connectivity index (χ4v) is 3.30. The van der Waals surface area contributed by atoms with Gasteiger partial charge in [0.2, 0.25) is 0 Å². The van der Waals surface area contributed by atoms with Crippen molar-refractivity contribution in [1.29, 1.82) is 0 Å². The van der Waals surface area contributed by atoms with Crippen LogP contribution in [0.1, 0.15) is 27.5 Å². The Bertz CT molecular complexity index is 789. The minimum atomic E-state index is -0.00730. The molecule has 1 heterocycles. The number of carbonyl (C=O) groups excluding carboxylic acids is 1. The van der Waals surface area contributed by atoms with Gasteiger partial charge in [0.15, 0.2) is 0 Å². The lowest BCUT2D eigenvalue weighted by Crippen LogP contribution is -2.25. The third-order valence-corrected chi connectivity index (χ3v) is 4.58. The van der Waals surface area contributed by atoms with E-state index in [2.05, 4.69) is 15.7 Å². The van der Waals surface area contributed by atoms with Gasteiger partial charge in [-0.25, -0.2) is 4.98 Å². The standard InChI is InChI=1S/C18H18N2OS/c1-13-12-22-17(20-13)10-5-11-19-18(21)16-9-4-7-14-6-2-3-8-15(14)16/h2-4,6-9,12H,5,10-11H2,1H3,(H,19,21). The topological polar surface area (TPSA) is 42.0 Å². The Kier molecular flexibility index (Phi) is 4.49. The van der Waals surface area contributed by atoms with Crippen molar-refractivity contribution in [1.82, 2.24) is 10.3 Å². The number of nitrogens with one attached hydrogen (secondary N) is 1. The molecule has 3 rings (SSSR count). The molecule has 0 aliphatic carbocycles. The fraction of sp³-hybridized carbons (Fsp3) is 0.222. The van der Waals surface area contributed by atoms with Crippen molar-refractivity contribution in [3.8, 4) is 0 Å². The van der Waals surface area contributed by atoms with Crippen LogP contribution in [-0.2, 0) is 6.42 Å². The number of hydrogen-bond acceptors (Lipinski definition) is 3. The first-order chi connectivity index (χ1) is 10.7. The molecule has 1 N–H and O–H groups in total. The van der Waals surface area contributed by atoms with Gasteiger partial charge in [0.1, 0.15) is 0 Å². The van der Waals surface area contributed by atoms with Gasteiger partial charge < -0.3 is 5.32 Å². The molecule has 2 aromatic carbocycles. The van der Waals surface area contributed by atoms with Gasteiger partial charge in [-0.15, -0.1) is 11.3 Å². The van der Waals surface area contributed by atoms with Crippen molar-refractivity contribution < 1.29 is 4.79 Å². The van der Waals surface area contributed by atoms with Gasteiger partial charge in [-0.2, -0.15) is 0 Å². The minimum absolute atomic E-state index is 0.00730. The second-order valence-electron chi connectivity index (χ2n) is 5.27. The van der Waals surface area contributed by atoms with Crippen LogP contribution in [-0.4, -0.2) is 17.4 Å². The Hall–Kier alpha value is -2.20. The Morgan fingerprint density at radius 1 is 1.18 bits per heavy atom. The zero-order valence-electron chi connectivity index (χ0n) is 12.5. The van der Waals surface area contributed by atoms with Crippen LogP contribution < -0.4 is 5.32 Å². The number of amides is 1. The number of carbonyl (C=O) groups is 1. The number of hydrogen-bond donors (Lipinski definition) is 1. The molecule has 0 radical (unpaired) electrons. The van der Waals surface area contributed by atoms with Crippen molar-refractivity contribution in [3.63, 3.8) is 0 Å². The summed E-state index contributed by atoms with van der Waals surface area (Å²) in [4.78, 5) is 16.8. The number of benzene rings is 2. The first-order valence-electron chi connectivity index (χ1n) is 7.41. The molecule has 0 saturated carbocycles. The van der Waals surface area contributed by atoms with E-state index in [0.29, 0.717) is 6.54 Å². The highest BCUT2D eigenvalue weighted by Crippen LogP contribution is 2.18. The van der Waals surface area contributed by atoms with Gasteiger partial charge in [-0.1, -0.05) is 36.4 Å². The lowest BCUT2D eigenvalue weighted by Gasteiger charge is -2.07. The Balaban J connectivity index is 1.59. The summed E-state index contributed by atoms with van der Waals surface area (Å²) in [6, 6.07) is 13.8. The molecule has 3 aromatic rings. The molecule has 0 unspecified atom stereocenters. The molecule has 3 nitrogen and oxygen atoms in total. The van der Waals surface area contributed by atoms with E-state index >= 15 is 0 Å². The van der Waals surface area contributed by atoms with Crippen molar-refractivity contribution in [3.05, 3.63) is 64.1 Å². The first kappa shape index (κ1) is 14.7. The maximum Gasteiger partial charge on any atom is 0.251 e. The normalized spacial score (nSPS) is 10.8. The number of nitrogens with zero attached hydrogens (tertiary/aromatic N) is 1. The first-order valence-corrected chi connectivity index (χ1v) is 8.29. The van der Waals surface area contributed by atoms with Gasteiger partial charge in [0.25, 0.3) is 5.91 Å². The van der Waals surface area contributed by atoms with Gasteiger partial charge in [-0.3, -0.25) is 4.79 Å². The van der Waals surface area contributed by atoms with E-state index < -0.39 is 0 Å². The van der Waals surface area contributed by atoms with E-state index in [1.54, 1.807) is 11.3 Å². The van der Waals surface area contributed by atoms with Crippen LogP contribution >= 0.6 is 11.3 Å². The molecular formula is C18H18N2OS. The molecule has 22 heavy (non-hydrogen) atoms. The number of fused-ring (bicyclic) bond motifs is 1. The van der Waals surface area contributed by atoms with Crippen LogP contribution in [0, 0.1) is 6.92 Å². The molecule has 0 aliphatic rings. The molecular weight excluding hydrogens is 292 g/mol. The van der Waals surface area contributed by atoms with E-state index in [9.17, 15) is 4.79 Å². The third kappa shape index (κ3) is 3.34. The molecule has 1 amide bonds. The zero-order chi connectivity index (χ0) is 15.4. The summed E-state index contributed by atoms with van der Waals surface area (Å²) in [5, 5.41) is 8.29. The minimum Gasteiger partial charge on any atom is -0.352 e. The van der Waals surface area contributed by atoms with Crippen LogP contribution in [0.4, 0.5) is 0 Å². The molecule has 4 heteroatoms. The highest BCUT2D eigenvalue weighted by molar-refractivity contribution is 7.09. The molecule has 0 atom stereocenters. The molecule has 0 saturated heterocycles. The van der Waals surface area contributed by atoms with Crippen molar-refractivity contribution in [2.75, 3.05) is 6.54 Å². The largest absolute Gasteiger partial charge is 0.352 e. The van der Waals surface area contributed by atoms with E-state index in [4.69, 9.17) is 0 Å². The lowest BCUT2D eigenvalue weighted by molar-refractivity contribution is 0.0955. The number of rotatable bonds is 5. The summed E-state index contributed by atoms with van der Waals surface area (Å²) in [6.07, 6.45) is 1.82. The van der Waals surface area contributed by atoms with Gasteiger partial charge in [0, 0.05) is 29.6 Å². The number of aryl methyl sites for hydroxylation is 2. The summed E-state index contributed by atoms with van der Waals surface area (Å²) >= 11 is 1.68. The van der Waals surface area contributed by atoms with Crippen LogP contribution in [0.25, 0.3) is 10.8 Å². The van der Waals surface area contributed by atoms with E-state index in [0.717, 1.165) is 39.9 Å². The van der Waals surface area contributed by atoms with Crippen LogP contribution in [0.5, 0.6) is 0 Å². The van der Waals surface area contributed by atoms with E-state index in [1.165, 1.54) is 0 Å². The van der Waals surface area contributed by atoms with Crippen molar-refractivity contribution in [2.45, 2.75) is 19.8 Å². The summed E-state index contributed by atoms with van der Waals surface area (Å²) in [6.45, 7) is 2.67. The maximum atomic E-state index is 12.3. The third-order valence-electron chi connectivity index (χ3n) is 3.55. The molecule has 0 bridgehead atoms. The predicted octanol–water partition coefficient (Wildman–Crippen LogP) is 3.97. The molecule has 1 aromatic heterocycles. The molecule has 0 spiro atoms. The highest BCUT2D eigenvalue weighted by Gasteiger charge is 2.08. The predicted molar refractivity (Wildman–Crippen MR) is 91.5 cm³/mol. The Morgan fingerprint density at radius 2 is 2.00 bits per heavy atom. The van der Waals surface area contributed by atoms with Crippen LogP contribution in [0.2, 0.25) is 0 Å². The monoisotopic (exact) mass is 310 g/mol. The van der Waals surface area contributed by atoms with E-state index in [-0.39, 0.29) is 5.91 Å².